The number of fused-ring (bicyclic) bond motifs is 1. The van der Waals surface area contributed by atoms with Crippen LogP contribution >= 0.6 is 0 Å². The SMILES string of the molecule is CCCCn1nc(C(=O)Nc2ccc(OC)c(OC(F)F)c2)c2ccccc2c1=O. The van der Waals surface area contributed by atoms with Gasteiger partial charge in [-0.15, -0.1) is 0 Å². The fourth-order valence-electron chi connectivity index (χ4n) is 3.00. The molecule has 1 aromatic heterocycles. The van der Waals surface area contributed by atoms with E-state index >= 15 is 0 Å². The minimum atomic E-state index is -3.04. The van der Waals surface area contributed by atoms with Crippen molar-refractivity contribution < 1.29 is 23.0 Å². The van der Waals surface area contributed by atoms with Crippen molar-refractivity contribution in [1.82, 2.24) is 9.78 Å². The summed E-state index contributed by atoms with van der Waals surface area (Å²) in [6.07, 6.45) is 1.60. The number of aromatic nitrogens is 2. The lowest BCUT2D eigenvalue weighted by Crippen LogP contribution is -2.27. The number of carbonyl (C=O) groups is 1. The van der Waals surface area contributed by atoms with Crippen LogP contribution in [-0.4, -0.2) is 29.4 Å². The minimum absolute atomic E-state index is 0.0634. The first kappa shape index (κ1) is 21.2. The molecule has 0 atom stereocenters. The molecule has 0 bridgehead atoms. The Morgan fingerprint density at radius 3 is 2.57 bits per heavy atom. The summed E-state index contributed by atoms with van der Waals surface area (Å²) < 4.78 is 36.0. The Morgan fingerprint density at radius 1 is 1.17 bits per heavy atom. The monoisotopic (exact) mass is 417 g/mol. The highest BCUT2D eigenvalue weighted by Crippen LogP contribution is 2.31. The number of nitrogens with zero attached hydrogens (tertiary/aromatic N) is 2. The topological polar surface area (TPSA) is 82.5 Å². The summed E-state index contributed by atoms with van der Waals surface area (Å²) >= 11 is 0. The number of anilines is 1. The van der Waals surface area contributed by atoms with Gasteiger partial charge in [0.1, 0.15) is 0 Å². The third-order valence-electron chi connectivity index (χ3n) is 4.44. The van der Waals surface area contributed by atoms with Crippen LogP contribution in [0.2, 0.25) is 0 Å². The molecule has 7 nitrogen and oxygen atoms in total. The Balaban J connectivity index is 1.99. The number of nitrogens with one attached hydrogen (secondary N) is 1. The van der Waals surface area contributed by atoms with Gasteiger partial charge in [-0.3, -0.25) is 9.59 Å². The Kier molecular flexibility index (Phi) is 6.61. The third-order valence-corrected chi connectivity index (χ3v) is 4.44. The van der Waals surface area contributed by atoms with Crippen LogP contribution in [0.25, 0.3) is 10.8 Å². The van der Waals surface area contributed by atoms with Gasteiger partial charge in [-0.2, -0.15) is 13.9 Å². The summed E-state index contributed by atoms with van der Waals surface area (Å²) in [6, 6.07) is 10.8. The summed E-state index contributed by atoms with van der Waals surface area (Å²) in [5.41, 5.74) is 0.00903. The molecular formula is C21H21F2N3O4. The van der Waals surface area contributed by atoms with Gasteiger partial charge in [0.15, 0.2) is 17.2 Å². The highest BCUT2D eigenvalue weighted by atomic mass is 19.3. The zero-order valence-corrected chi connectivity index (χ0v) is 16.5. The first-order valence-electron chi connectivity index (χ1n) is 9.38. The summed E-state index contributed by atoms with van der Waals surface area (Å²) in [5.74, 6) is -0.689. The Hall–Kier alpha value is -3.49. The lowest BCUT2D eigenvalue weighted by Gasteiger charge is -2.13. The Labute approximate surface area is 171 Å². The zero-order chi connectivity index (χ0) is 21.7. The summed E-state index contributed by atoms with van der Waals surface area (Å²) in [4.78, 5) is 25.6. The van der Waals surface area contributed by atoms with E-state index in [0.717, 1.165) is 12.8 Å². The maximum atomic E-state index is 12.9. The molecule has 0 fully saturated rings. The average molecular weight is 417 g/mol. The number of unbranched alkanes of at least 4 members (excludes halogenated alkanes) is 1. The Bertz CT molecular complexity index is 1120. The molecule has 3 rings (SSSR count). The number of methoxy groups -OCH3 is 1. The van der Waals surface area contributed by atoms with E-state index in [1.807, 2.05) is 6.92 Å². The second kappa shape index (κ2) is 9.34. The lowest BCUT2D eigenvalue weighted by molar-refractivity contribution is -0.0511. The summed E-state index contributed by atoms with van der Waals surface area (Å²) in [5, 5.41) is 7.66. The molecular weight excluding hydrogens is 396 g/mol. The fourth-order valence-corrected chi connectivity index (χ4v) is 3.00. The standard InChI is InChI=1S/C21H21F2N3O4/c1-3-4-11-26-20(28)15-8-6-5-7-14(15)18(25-26)19(27)24-13-9-10-16(29-2)17(12-13)30-21(22)23/h5-10,12,21H,3-4,11H2,1-2H3,(H,24,27). The van der Waals surface area contributed by atoms with Gasteiger partial charge in [0.05, 0.1) is 12.5 Å². The molecule has 0 aliphatic heterocycles. The first-order valence-corrected chi connectivity index (χ1v) is 9.38. The van der Waals surface area contributed by atoms with Crippen LogP contribution in [0.4, 0.5) is 14.5 Å². The number of alkyl halides is 2. The van der Waals surface area contributed by atoms with E-state index in [1.54, 1.807) is 24.3 Å². The average Bonchev–Trinajstić information content (AvgIpc) is 2.73. The van der Waals surface area contributed by atoms with Crippen molar-refractivity contribution in [2.24, 2.45) is 0 Å². The number of halogens is 2. The number of carbonyl (C=O) groups excluding carboxylic acids is 1. The van der Waals surface area contributed by atoms with Gasteiger partial charge in [-0.05, 0) is 24.6 Å². The molecule has 0 unspecified atom stereocenters. The van der Waals surface area contributed by atoms with Gasteiger partial charge in [-0.1, -0.05) is 31.5 Å². The number of hydrogen-bond acceptors (Lipinski definition) is 5. The van der Waals surface area contributed by atoms with Crippen molar-refractivity contribution in [1.29, 1.82) is 0 Å². The maximum Gasteiger partial charge on any atom is 0.387 e. The van der Waals surface area contributed by atoms with E-state index in [2.05, 4.69) is 15.2 Å². The molecule has 0 aliphatic carbocycles. The molecule has 1 heterocycles. The normalized spacial score (nSPS) is 11.0. The van der Waals surface area contributed by atoms with E-state index in [1.165, 1.54) is 30.0 Å². The number of rotatable bonds is 8. The molecule has 0 aliphatic rings. The molecule has 2 aromatic carbocycles. The van der Waals surface area contributed by atoms with Crippen molar-refractivity contribution >= 4 is 22.4 Å². The smallest absolute Gasteiger partial charge is 0.387 e. The van der Waals surface area contributed by atoms with Gasteiger partial charge in [0, 0.05) is 23.7 Å². The summed E-state index contributed by atoms with van der Waals surface area (Å²) in [7, 11) is 1.32. The van der Waals surface area contributed by atoms with Crippen LogP contribution in [0.5, 0.6) is 11.5 Å². The molecule has 3 aromatic rings. The Morgan fingerprint density at radius 2 is 1.90 bits per heavy atom. The highest BCUT2D eigenvalue weighted by Gasteiger charge is 2.18. The number of aryl methyl sites for hydroxylation is 1. The molecule has 158 valence electrons. The van der Waals surface area contributed by atoms with Crippen molar-refractivity contribution in [3.8, 4) is 11.5 Å². The van der Waals surface area contributed by atoms with Gasteiger partial charge >= 0.3 is 6.61 Å². The number of amides is 1. The van der Waals surface area contributed by atoms with Crippen LogP contribution in [0.1, 0.15) is 30.3 Å². The van der Waals surface area contributed by atoms with Crippen molar-refractivity contribution in [3.05, 3.63) is 58.5 Å². The second-order valence-electron chi connectivity index (χ2n) is 6.47. The quantitative estimate of drug-likeness (QED) is 0.598. The highest BCUT2D eigenvalue weighted by molar-refractivity contribution is 6.11. The van der Waals surface area contributed by atoms with Crippen LogP contribution < -0.4 is 20.3 Å². The predicted octanol–water partition coefficient (Wildman–Crippen LogP) is 4.06. The van der Waals surface area contributed by atoms with E-state index < -0.39 is 12.5 Å². The van der Waals surface area contributed by atoms with E-state index in [-0.39, 0.29) is 28.4 Å². The lowest BCUT2D eigenvalue weighted by atomic mass is 10.1. The number of benzene rings is 2. The van der Waals surface area contributed by atoms with Crippen LogP contribution in [-0.2, 0) is 6.54 Å². The van der Waals surface area contributed by atoms with Crippen molar-refractivity contribution in [2.45, 2.75) is 32.9 Å². The number of ether oxygens (including phenoxy) is 2. The van der Waals surface area contributed by atoms with Gasteiger partial charge in [0.2, 0.25) is 0 Å². The maximum absolute atomic E-state index is 12.9. The molecule has 9 heteroatoms. The molecule has 0 spiro atoms. The molecule has 30 heavy (non-hydrogen) atoms. The molecule has 1 N–H and O–H groups in total. The van der Waals surface area contributed by atoms with E-state index in [4.69, 9.17) is 4.74 Å². The first-order chi connectivity index (χ1) is 14.4. The minimum Gasteiger partial charge on any atom is -0.493 e. The van der Waals surface area contributed by atoms with Gasteiger partial charge in [0.25, 0.3) is 11.5 Å². The fraction of sp³-hybridized carbons (Fsp3) is 0.286. The van der Waals surface area contributed by atoms with Gasteiger partial charge in [-0.25, -0.2) is 4.68 Å². The van der Waals surface area contributed by atoms with Crippen molar-refractivity contribution in [3.63, 3.8) is 0 Å². The van der Waals surface area contributed by atoms with Gasteiger partial charge < -0.3 is 14.8 Å². The van der Waals surface area contributed by atoms with Crippen LogP contribution in [0, 0.1) is 0 Å². The molecule has 0 saturated carbocycles. The van der Waals surface area contributed by atoms with Crippen molar-refractivity contribution in [2.75, 3.05) is 12.4 Å². The van der Waals surface area contributed by atoms with Crippen LogP contribution in [0.15, 0.2) is 47.3 Å². The third kappa shape index (κ3) is 4.56. The molecule has 0 radical (unpaired) electrons. The molecule has 0 saturated heterocycles. The molecule has 1 amide bonds. The van der Waals surface area contributed by atoms with E-state index in [0.29, 0.717) is 17.3 Å². The van der Waals surface area contributed by atoms with E-state index in [9.17, 15) is 18.4 Å². The largest absolute Gasteiger partial charge is 0.493 e. The number of hydrogen-bond donors (Lipinski definition) is 1. The summed E-state index contributed by atoms with van der Waals surface area (Å²) in [6.45, 7) is -0.671. The van der Waals surface area contributed by atoms with Crippen LogP contribution in [0.3, 0.4) is 0 Å². The zero-order valence-electron chi connectivity index (χ0n) is 16.5. The predicted molar refractivity (Wildman–Crippen MR) is 108 cm³/mol. The second-order valence-corrected chi connectivity index (χ2v) is 6.47.